The summed E-state index contributed by atoms with van der Waals surface area (Å²) in [6, 6.07) is 13.3. The van der Waals surface area contributed by atoms with Gasteiger partial charge in [-0.3, -0.25) is 4.98 Å². The van der Waals surface area contributed by atoms with Crippen LogP contribution in [0.25, 0.3) is 10.9 Å². The smallest absolute Gasteiger partial charge is 0.153 e. The molecular formula is C13H11N5. The van der Waals surface area contributed by atoms with Gasteiger partial charge < -0.3 is 11.1 Å². The molecule has 2 heterocycles. The third kappa shape index (κ3) is 1.93. The van der Waals surface area contributed by atoms with Crippen LogP contribution >= 0.6 is 0 Å². The zero-order chi connectivity index (χ0) is 12.4. The molecule has 3 rings (SSSR count). The van der Waals surface area contributed by atoms with E-state index in [-0.39, 0.29) is 0 Å². The van der Waals surface area contributed by atoms with Gasteiger partial charge in [0.15, 0.2) is 5.82 Å². The lowest BCUT2D eigenvalue weighted by Crippen LogP contribution is -1.98. The van der Waals surface area contributed by atoms with Crippen LogP contribution in [0.1, 0.15) is 0 Å². The summed E-state index contributed by atoms with van der Waals surface area (Å²) in [5.74, 6) is 1.04. The third-order valence-electron chi connectivity index (χ3n) is 2.58. The maximum atomic E-state index is 5.50. The van der Waals surface area contributed by atoms with E-state index >= 15 is 0 Å². The second-order valence-corrected chi connectivity index (χ2v) is 3.85. The Balaban J connectivity index is 2.02. The van der Waals surface area contributed by atoms with Crippen LogP contribution in [0.15, 0.2) is 48.7 Å². The first-order chi connectivity index (χ1) is 8.83. The minimum absolute atomic E-state index is 0.400. The molecular weight excluding hydrogens is 226 g/mol. The molecule has 0 aliphatic carbocycles. The van der Waals surface area contributed by atoms with Crippen molar-refractivity contribution in [1.29, 1.82) is 0 Å². The molecule has 88 valence electrons. The number of nitrogens with one attached hydrogen (secondary N) is 1. The average molecular weight is 237 g/mol. The summed E-state index contributed by atoms with van der Waals surface area (Å²) >= 11 is 0. The fourth-order valence-corrected chi connectivity index (χ4v) is 1.75. The number of nitrogens with zero attached hydrogens (tertiary/aromatic N) is 3. The second-order valence-electron chi connectivity index (χ2n) is 3.85. The number of fused-ring (bicyclic) bond motifs is 1. The first-order valence-electron chi connectivity index (χ1n) is 5.53. The Morgan fingerprint density at radius 3 is 2.67 bits per heavy atom. The molecule has 5 heteroatoms. The minimum Gasteiger partial charge on any atom is -0.382 e. The molecule has 0 fully saturated rings. The second kappa shape index (κ2) is 4.29. The topological polar surface area (TPSA) is 76.7 Å². The largest absolute Gasteiger partial charge is 0.382 e. The number of nitrogens with two attached hydrogens (primary N) is 1. The molecule has 5 nitrogen and oxygen atoms in total. The fourth-order valence-electron chi connectivity index (χ4n) is 1.75. The number of benzene rings is 1. The van der Waals surface area contributed by atoms with E-state index in [0.717, 1.165) is 16.6 Å². The molecule has 18 heavy (non-hydrogen) atoms. The molecule has 1 aromatic carbocycles. The fraction of sp³-hybridized carbons (Fsp3) is 0. The molecule has 0 saturated carbocycles. The van der Waals surface area contributed by atoms with E-state index in [0.29, 0.717) is 11.6 Å². The van der Waals surface area contributed by atoms with Crippen LogP contribution in [0, 0.1) is 0 Å². The van der Waals surface area contributed by atoms with Crippen molar-refractivity contribution in [2.45, 2.75) is 0 Å². The molecule has 0 spiro atoms. The Morgan fingerprint density at radius 2 is 1.83 bits per heavy atom. The van der Waals surface area contributed by atoms with E-state index in [1.807, 2.05) is 30.3 Å². The Bertz CT molecular complexity index is 673. The first-order valence-corrected chi connectivity index (χ1v) is 5.53. The summed E-state index contributed by atoms with van der Waals surface area (Å²) in [6.45, 7) is 0. The highest BCUT2D eigenvalue weighted by Crippen LogP contribution is 2.23. The number of anilines is 3. The van der Waals surface area contributed by atoms with Crippen LogP contribution in [0.5, 0.6) is 0 Å². The summed E-state index contributed by atoms with van der Waals surface area (Å²) in [6.07, 6.45) is 1.77. The van der Waals surface area contributed by atoms with Gasteiger partial charge in [0.2, 0.25) is 0 Å². The Hall–Kier alpha value is -2.69. The third-order valence-corrected chi connectivity index (χ3v) is 2.58. The summed E-state index contributed by atoms with van der Waals surface area (Å²) in [4.78, 5) is 4.36. The van der Waals surface area contributed by atoms with Crippen molar-refractivity contribution in [3.05, 3.63) is 48.7 Å². The van der Waals surface area contributed by atoms with Gasteiger partial charge in [0.25, 0.3) is 0 Å². The van der Waals surface area contributed by atoms with E-state index in [1.54, 1.807) is 18.3 Å². The molecule has 0 aliphatic heterocycles. The Labute approximate surface area is 104 Å². The van der Waals surface area contributed by atoms with Crippen molar-refractivity contribution >= 4 is 28.2 Å². The summed E-state index contributed by atoms with van der Waals surface area (Å²) in [5.41, 5.74) is 7.29. The van der Waals surface area contributed by atoms with Gasteiger partial charge in [-0.05, 0) is 24.3 Å². The number of hydrogen-bond donors (Lipinski definition) is 2. The lowest BCUT2D eigenvalue weighted by molar-refractivity contribution is 1.05. The van der Waals surface area contributed by atoms with Crippen LogP contribution in [0.2, 0.25) is 0 Å². The zero-order valence-corrected chi connectivity index (χ0v) is 9.54. The van der Waals surface area contributed by atoms with E-state index in [1.165, 1.54) is 0 Å². The SMILES string of the molecule is Nc1ccc(Nc2cccc3cccnc23)nn1. The van der Waals surface area contributed by atoms with Gasteiger partial charge in [0.05, 0.1) is 11.2 Å². The van der Waals surface area contributed by atoms with Gasteiger partial charge in [-0.2, -0.15) is 0 Å². The Morgan fingerprint density at radius 1 is 0.944 bits per heavy atom. The average Bonchev–Trinajstić information content (AvgIpc) is 2.42. The van der Waals surface area contributed by atoms with Gasteiger partial charge >= 0.3 is 0 Å². The lowest BCUT2D eigenvalue weighted by Gasteiger charge is -2.07. The van der Waals surface area contributed by atoms with Gasteiger partial charge in [-0.25, -0.2) is 0 Å². The van der Waals surface area contributed by atoms with E-state index < -0.39 is 0 Å². The minimum atomic E-state index is 0.400. The molecule has 0 unspecified atom stereocenters. The van der Waals surface area contributed by atoms with E-state index in [4.69, 9.17) is 5.73 Å². The molecule has 0 amide bonds. The van der Waals surface area contributed by atoms with Gasteiger partial charge in [-0.15, -0.1) is 10.2 Å². The van der Waals surface area contributed by atoms with Crippen LogP contribution in [-0.4, -0.2) is 15.2 Å². The highest BCUT2D eigenvalue weighted by Gasteiger charge is 2.02. The first kappa shape index (κ1) is 10.5. The van der Waals surface area contributed by atoms with E-state index in [9.17, 15) is 0 Å². The van der Waals surface area contributed by atoms with Crippen molar-refractivity contribution in [3.63, 3.8) is 0 Å². The van der Waals surface area contributed by atoms with Crippen molar-refractivity contribution in [2.75, 3.05) is 11.1 Å². The number of para-hydroxylation sites is 1. The number of aromatic nitrogens is 3. The van der Waals surface area contributed by atoms with Crippen molar-refractivity contribution in [2.24, 2.45) is 0 Å². The van der Waals surface area contributed by atoms with Gasteiger partial charge in [0.1, 0.15) is 5.82 Å². The highest BCUT2D eigenvalue weighted by atomic mass is 15.2. The standard InChI is InChI=1S/C13H11N5/c14-11-6-7-12(18-17-11)16-10-5-1-3-9-4-2-8-15-13(9)10/h1-8H,(H2,14,17)(H,16,18). The van der Waals surface area contributed by atoms with Gasteiger partial charge in [0, 0.05) is 11.6 Å². The van der Waals surface area contributed by atoms with E-state index in [2.05, 4.69) is 20.5 Å². The van der Waals surface area contributed by atoms with Crippen LogP contribution < -0.4 is 11.1 Å². The summed E-state index contributed by atoms with van der Waals surface area (Å²) in [5, 5.41) is 12.0. The van der Waals surface area contributed by atoms with Crippen molar-refractivity contribution in [1.82, 2.24) is 15.2 Å². The predicted octanol–water partition coefficient (Wildman–Crippen LogP) is 2.35. The van der Waals surface area contributed by atoms with Crippen molar-refractivity contribution < 1.29 is 0 Å². The quantitative estimate of drug-likeness (QED) is 0.715. The maximum absolute atomic E-state index is 5.50. The number of hydrogen-bond acceptors (Lipinski definition) is 5. The summed E-state index contributed by atoms with van der Waals surface area (Å²) < 4.78 is 0. The molecule has 0 atom stereocenters. The monoisotopic (exact) mass is 237 g/mol. The number of pyridine rings is 1. The predicted molar refractivity (Wildman–Crippen MR) is 71.5 cm³/mol. The number of nitrogen functional groups attached to an aromatic ring is 1. The molecule has 0 bridgehead atoms. The molecule has 0 aliphatic rings. The maximum Gasteiger partial charge on any atom is 0.153 e. The molecule has 3 N–H and O–H groups in total. The molecule has 3 aromatic rings. The highest BCUT2D eigenvalue weighted by molar-refractivity contribution is 5.91. The van der Waals surface area contributed by atoms with Gasteiger partial charge in [-0.1, -0.05) is 18.2 Å². The van der Waals surface area contributed by atoms with Crippen molar-refractivity contribution in [3.8, 4) is 0 Å². The van der Waals surface area contributed by atoms with Crippen LogP contribution in [0.3, 0.4) is 0 Å². The zero-order valence-electron chi connectivity index (χ0n) is 9.54. The van der Waals surface area contributed by atoms with Crippen LogP contribution in [0.4, 0.5) is 17.3 Å². The molecule has 2 aromatic heterocycles. The summed E-state index contributed by atoms with van der Waals surface area (Å²) in [7, 11) is 0. The normalized spacial score (nSPS) is 10.4. The Kier molecular flexibility index (Phi) is 2.49. The van der Waals surface area contributed by atoms with Crippen LogP contribution in [-0.2, 0) is 0 Å². The lowest BCUT2D eigenvalue weighted by atomic mass is 10.2. The molecule has 0 saturated heterocycles. The molecule has 0 radical (unpaired) electrons. The number of rotatable bonds is 2.